The summed E-state index contributed by atoms with van der Waals surface area (Å²) in [4.78, 5) is 35.1. The van der Waals surface area contributed by atoms with Crippen LogP contribution in [-0.4, -0.2) is 101 Å². The summed E-state index contributed by atoms with van der Waals surface area (Å²) in [5.74, 6) is -1.91. The molecule has 4 rings (SSSR count). The van der Waals surface area contributed by atoms with Gasteiger partial charge in [0.25, 0.3) is 0 Å². The van der Waals surface area contributed by atoms with Crippen molar-refractivity contribution in [1.29, 1.82) is 0 Å². The third-order valence-corrected chi connectivity index (χ3v) is 5.79. The molecule has 11 nitrogen and oxygen atoms in total. The molecule has 0 radical (unpaired) electrons. The molecule has 170 valence electrons. The zero-order valence-corrected chi connectivity index (χ0v) is 17.4. The Labute approximate surface area is 175 Å². The molecule has 0 bridgehead atoms. The molecule has 4 fully saturated rings. The van der Waals surface area contributed by atoms with Gasteiger partial charge in [-0.2, -0.15) is 0 Å². The normalized spacial score (nSPS) is 29.2. The van der Waals surface area contributed by atoms with Crippen LogP contribution in [-0.2, 0) is 42.8 Å². The molecule has 1 N–H and O–H groups in total. The molecule has 2 spiro atoms. The number of likely N-dealkylation sites (tertiary alicyclic amines) is 1. The standard InChI is InChI=1S/C10H15NO5.C9H15NO4/c1-14-9(13)8-6-10(15-4-5-16-10)2-3-11(8)7-12;1-12-8(11)7-6-9(2-3-10-7)13-4-5-14-9/h7-8H,2-6H2,1H3;7,10H,2-6H2,1H3. The molecule has 0 aliphatic carbocycles. The third kappa shape index (κ3) is 5.09. The van der Waals surface area contributed by atoms with Crippen molar-refractivity contribution < 1.29 is 42.8 Å². The molecule has 2 unspecified atom stereocenters. The molecule has 1 amide bonds. The number of amides is 1. The number of ether oxygens (including phenoxy) is 6. The number of nitrogens with one attached hydrogen (secondary N) is 1. The van der Waals surface area contributed by atoms with Gasteiger partial charge in [0.1, 0.15) is 12.1 Å². The first-order valence-corrected chi connectivity index (χ1v) is 10.1. The minimum Gasteiger partial charge on any atom is -0.468 e. The minimum absolute atomic E-state index is 0.247. The summed E-state index contributed by atoms with van der Waals surface area (Å²) < 4.78 is 31.5. The van der Waals surface area contributed by atoms with E-state index in [1.807, 2.05) is 0 Å². The van der Waals surface area contributed by atoms with Crippen molar-refractivity contribution in [3.8, 4) is 0 Å². The number of hydrogen-bond donors (Lipinski definition) is 1. The largest absolute Gasteiger partial charge is 0.468 e. The van der Waals surface area contributed by atoms with Gasteiger partial charge in [-0.15, -0.1) is 0 Å². The van der Waals surface area contributed by atoms with Crippen LogP contribution in [0.1, 0.15) is 25.7 Å². The molecule has 0 aromatic rings. The summed E-state index contributed by atoms with van der Waals surface area (Å²) in [5.41, 5.74) is 0. The van der Waals surface area contributed by atoms with E-state index in [9.17, 15) is 14.4 Å². The number of carbonyl (C=O) groups excluding carboxylic acids is 3. The highest BCUT2D eigenvalue weighted by Gasteiger charge is 2.47. The lowest BCUT2D eigenvalue weighted by molar-refractivity contribution is -0.202. The van der Waals surface area contributed by atoms with Crippen molar-refractivity contribution >= 4 is 18.3 Å². The van der Waals surface area contributed by atoms with E-state index in [0.29, 0.717) is 58.6 Å². The number of carbonyl (C=O) groups is 3. The second-order valence-electron chi connectivity index (χ2n) is 7.54. The van der Waals surface area contributed by atoms with Crippen LogP contribution in [0.3, 0.4) is 0 Å². The molecule has 0 aromatic heterocycles. The third-order valence-electron chi connectivity index (χ3n) is 5.79. The SMILES string of the molecule is COC(=O)C1CC2(CCN1)OCCO2.COC(=O)C1CC2(CCN1C=O)OCCO2. The summed E-state index contributed by atoms with van der Waals surface area (Å²) in [6.45, 7) is 3.48. The van der Waals surface area contributed by atoms with Crippen molar-refractivity contribution in [3.63, 3.8) is 0 Å². The van der Waals surface area contributed by atoms with Gasteiger partial charge in [0.15, 0.2) is 11.6 Å². The molecule has 4 aliphatic rings. The maximum Gasteiger partial charge on any atom is 0.328 e. The average molecular weight is 430 g/mol. The minimum atomic E-state index is -0.696. The Balaban J connectivity index is 0.000000172. The van der Waals surface area contributed by atoms with E-state index in [-0.39, 0.29) is 12.0 Å². The Hall–Kier alpha value is -1.79. The topological polar surface area (TPSA) is 122 Å². The number of methoxy groups -OCH3 is 2. The first kappa shape index (κ1) is 22.9. The summed E-state index contributed by atoms with van der Waals surface area (Å²) >= 11 is 0. The van der Waals surface area contributed by atoms with Gasteiger partial charge in [0.2, 0.25) is 6.41 Å². The second kappa shape index (κ2) is 10.0. The molecule has 4 heterocycles. The molecule has 0 saturated carbocycles. The van der Waals surface area contributed by atoms with Gasteiger partial charge in [-0.05, 0) is 0 Å². The van der Waals surface area contributed by atoms with Gasteiger partial charge in [-0.1, -0.05) is 0 Å². The van der Waals surface area contributed by atoms with Crippen molar-refractivity contribution in [3.05, 3.63) is 0 Å². The predicted octanol–water partition coefficient (Wildman–Crippen LogP) is -0.822. The Morgan fingerprint density at radius 1 is 0.933 bits per heavy atom. The second-order valence-corrected chi connectivity index (χ2v) is 7.54. The van der Waals surface area contributed by atoms with Crippen molar-refractivity contribution in [1.82, 2.24) is 10.2 Å². The Morgan fingerprint density at radius 2 is 1.50 bits per heavy atom. The molecular formula is C19H30N2O9. The predicted molar refractivity (Wildman–Crippen MR) is 100 cm³/mol. The fraction of sp³-hybridized carbons (Fsp3) is 0.842. The highest BCUT2D eigenvalue weighted by atomic mass is 16.7. The number of rotatable bonds is 3. The quantitative estimate of drug-likeness (QED) is 0.449. The zero-order valence-electron chi connectivity index (χ0n) is 17.4. The zero-order chi connectivity index (χ0) is 21.6. The maximum atomic E-state index is 11.5. The van der Waals surface area contributed by atoms with Crippen LogP contribution in [0.2, 0.25) is 0 Å². The van der Waals surface area contributed by atoms with Gasteiger partial charge in [-0.3, -0.25) is 9.59 Å². The summed E-state index contributed by atoms with van der Waals surface area (Å²) in [6.07, 6.45) is 2.95. The highest BCUT2D eigenvalue weighted by Crippen LogP contribution is 2.34. The smallest absolute Gasteiger partial charge is 0.328 e. The van der Waals surface area contributed by atoms with Gasteiger partial charge < -0.3 is 38.6 Å². The van der Waals surface area contributed by atoms with E-state index in [0.717, 1.165) is 13.0 Å². The van der Waals surface area contributed by atoms with E-state index >= 15 is 0 Å². The van der Waals surface area contributed by atoms with E-state index < -0.39 is 23.6 Å². The molecule has 4 saturated heterocycles. The number of hydrogen-bond acceptors (Lipinski definition) is 10. The van der Waals surface area contributed by atoms with Gasteiger partial charge >= 0.3 is 11.9 Å². The fourth-order valence-corrected chi connectivity index (χ4v) is 4.20. The number of nitrogens with zero attached hydrogens (tertiary/aromatic N) is 1. The lowest BCUT2D eigenvalue weighted by Gasteiger charge is -2.40. The molecule has 0 aromatic carbocycles. The monoisotopic (exact) mass is 430 g/mol. The van der Waals surface area contributed by atoms with Crippen LogP contribution >= 0.6 is 0 Å². The van der Waals surface area contributed by atoms with Crippen LogP contribution in [0.4, 0.5) is 0 Å². The number of esters is 2. The summed E-state index contributed by atoms with van der Waals surface area (Å²) in [7, 11) is 2.70. The van der Waals surface area contributed by atoms with E-state index in [4.69, 9.17) is 18.9 Å². The summed E-state index contributed by atoms with van der Waals surface area (Å²) in [6, 6.07) is -0.902. The summed E-state index contributed by atoms with van der Waals surface area (Å²) in [5, 5.41) is 3.09. The first-order chi connectivity index (χ1) is 14.5. The lowest BCUT2D eigenvalue weighted by Crippen LogP contribution is -2.54. The molecule has 2 atom stereocenters. The maximum absolute atomic E-state index is 11.5. The van der Waals surface area contributed by atoms with E-state index in [1.54, 1.807) is 0 Å². The Morgan fingerprint density at radius 3 is 2.03 bits per heavy atom. The van der Waals surface area contributed by atoms with E-state index in [1.165, 1.54) is 19.1 Å². The van der Waals surface area contributed by atoms with Crippen molar-refractivity contribution in [2.75, 3.05) is 53.7 Å². The van der Waals surface area contributed by atoms with Gasteiger partial charge in [0.05, 0.1) is 40.6 Å². The number of piperidine rings is 2. The fourth-order valence-electron chi connectivity index (χ4n) is 4.20. The highest BCUT2D eigenvalue weighted by molar-refractivity contribution is 5.78. The first-order valence-electron chi connectivity index (χ1n) is 10.1. The average Bonchev–Trinajstić information content (AvgIpc) is 3.43. The lowest BCUT2D eigenvalue weighted by atomic mass is 9.96. The van der Waals surface area contributed by atoms with Crippen LogP contribution in [0.25, 0.3) is 0 Å². The van der Waals surface area contributed by atoms with Crippen molar-refractivity contribution in [2.24, 2.45) is 0 Å². The van der Waals surface area contributed by atoms with Crippen LogP contribution in [0.5, 0.6) is 0 Å². The van der Waals surface area contributed by atoms with Crippen LogP contribution in [0, 0.1) is 0 Å². The van der Waals surface area contributed by atoms with Crippen LogP contribution < -0.4 is 5.32 Å². The van der Waals surface area contributed by atoms with Crippen LogP contribution in [0.15, 0.2) is 0 Å². The van der Waals surface area contributed by atoms with Gasteiger partial charge in [0, 0.05) is 38.8 Å². The molecule has 11 heteroatoms. The Kier molecular flexibility index (Phi) is 7.64. The van der Waals surface area contributed by atoms with E-state index in [2.05, 4.69) is 14.8 Å². The van der Waals surface area contributed by atoms with Crippen molar-refractivity contribution in [2.45, 2.75) is 49.3 Å². The molecule has 4 aliphatic heterocycles. The van der Waals surface area contributed by atoms with Gasteiger partial charge in [-0.25, -0.2) is 4.79 Å². The molecule has 30 heavy (non-hydrogen) atoms. The Bertz CT molecular complexity index is 617. The molecular weight excluding hydrogens is 400 g/mol.